The summed E-state index contributed by atoms with van der Waals surface area (Å²) in [4.78, 5) is 18.7. The van der Waals surface area contributed by atoms with E-state index >= 15 is 0 Å². The highest BCUT2D eigenvalue weighted by Gasteiger charge is 2.15. The molecule has 32 heavy (non-hydrogen) atoms. The number of fused-ring (bicyclic) bond motifs is 4. The Morgan fingerprint density at radius 3 is 2.47 bits per heavy atom. The highest BCUT2D eigenvalue weighted by atomic mass is 32.1. The number of nitrogens with zero attached hydrogens (tertiary/aromatic N) is 3. The minimum Gasteiger partial charge on any atom is -0.340 e. The summed E-state index contributed by atoms with van der Waals surface area (Å²) in [5.41, 5.74) is 7.73. The lowest BCUT2D eigenvalue weighted by molar-refractivity contribution is 0.798. The molecular formula is C27H21N3OS. The fourth-order valence-electron chi connectivity index (χ4n) is 4.54. The lowest BCUT2D eigenvalue weighted by Crippen LogP contribution is -2.22. The van der Waals surface area contributed by atoms with Crippen LogP contribution >= 0.6 is 11.3 Å². The van der Waals surface area contributed by atoms with E-state index in [-0.39, 0.29) is 5.56 Å². The largest absolute Gasteiger partial charge is 0.340 e. The Morgan fingerprint density at radius 1 is 0.906 bits per heavy atom. The third-order valence-corrected chi connectivity index (χ3v) is 7.26. The van der Waals surface area contributed by atoms with Crippen LogP contribution in [0, 0.1) is 13.8 Å². The topological polar surface area (TPSA) is 39.3 Å². The zero-order valence-corrected chi connectivity index (χ0v) is 18.7. The van der Waals surface area contributed by atoms with Crippen LogP contribution in [0.25, 0.3) is 33.0 Å². The van der Waals surface area contributed by atoms with Gasteiger partial charge in [-0.05, 0) is 49.2 Å². The Labute approximate surface area is 188 Å². The van der Waals surface area contributed by atoms with Gasteiger partial charge in [0, 0.05) is 28.7 Å². The molecule has 0 aliphatic carbocycles. The van der Waals surface area contributed by atoms with Gasteiger partial charge in [-0.3, -0.25) is 4.79 Å². The Bertz CT molecular complexity index is 1750. The van der Waals surface area contributed by atoms with Crippen LogP contribution in [0.2, 0.25) is 0 Å². The molecular weight excluding hydrogens is 414 g/mol. The second kappa shape index (κ2) is 7.18. The first-order valence-electron chi connectivity index (χ1n) is 10.7. The smallest absolute Gasteiger partial charge is 0.274 e. The van der Waals surface area contributed by atoms with E-state index in [0.717, 1.165) is 39.2 Å². The third-order valence-electron chi connectivity index (χ3n) is 6.29. The summed E-state index contributed by atoms with van der Waals surface area (Å²) in [5, 5.41) is 1.16. The first kappa shape index (κ1) is 19.0. The molecule has 156 valence electrons. The summed E-state index contributed by atoms with van der Waals surface area (Å²) < 4.78 is 4.79. The van der Waals surface area contributed by atoms with Crippen molar-refractivity contribution in [2.24, 2.45) is 0 Å². The lowest BCUT2D eigenvalue weighted by atomic mass is 10.1. The normalized spacial score (nSPS) is 12.5. The first-order valence-corrected chi connectivity index (χ1v) is 11.5. The van der Waals surface area contributed by atoms with E-state index in [1.165, 1.54) is 28.0 Å². The average Bonchev–Trinajstić information content (AvgIpc) is 3.41. The second-order valence-electron chi connectivity index (χ2n) is 8.16. The number of para-hydroxylation sites is 3. The van der Waals surface area contributed by atoms with E-state index in [1.807, 2.05) is 30.3 Å². The third kappa shape index (κ3) is 2.82. The Hall–Kier alpha value is -3.70. The molecule has 5 heteroatoms. The van der Waals surface area contributed by atoms with Crippen LogP contribution in [0.15, 0.2) is 77.6 Å². The molecule has 3 aromatic heterocycles. The predicted octanol–water partition coefficient (Wildman–Crippen LogP) is 5.08. The van der Waals surface area contributed by atoms with Crippen molar-refractivity contribution in [1.82, 2.24) is 14.0 Å². The molecule has 0 bridgehead atoms. The number of benzene rings is 3. The fraction of sp³-hybridized carbons (Fsp3) is 0.111. The van der Waals surface area contributed by atoms with Gasteiger partial charge in [-0.2, -0.15) is 0 Å². The minimum absolute atomic E-state index is 0.00571. The van der Waals surface area contributed by atoms with Crippen molar-refractivity contribution >= 4 is 44.3 Å². The molecule has 3 aromatic carbocycles. The van der Waals surface area contributed by atoms with Gasteiger partial charge < -0.3 is 4.57 Å². The highest BCUT2D eigenvalue weighted by molar-refractivity contribution is 7.15. The number of aromatic nitrogens is 3. The molecule has 0 N–H and O–H groups in total. The number of aryl methyl sites for hydroxylation is 1. The van der Waals surface area contributed by atoms with Crippen molar-refractivity contribution in [3.05, 3.63) is 110 Å². The van der Waals surface area contributed by atoms with Gasteiger partial charge in [0.15, 0.2) is 4.96 Å². The van der Waals surface area contributed by atoms with E-state index in [0.29, 0.717) is 4.53 Å². The Kier molecular flexibility index (Phi) is 4.26. The molecule has 3 heterocycles. The number of hydrogen-bond donors (Lipinski definition) is 0. The monoisotopic (exact) mass is 435 g/mol. The van der Waals surface area contributed by atoms with Crippen LogP contribution in [0.5, 0.6) is 0 Å². The maximum absolute atomic E-state index is 13.3. The molecule has 0 saturated heterocycles. The van der Waals surface area contributed by atoms with Crippen LogP contribution in [0.3, 0.4) is 0 Å². The second-order valence-corrected chi connectivity index (χ2v) is 9.17. The number of hydrogen-bond acceptors (Lipinski definition) is 3. The molecule has 0 atom stereocenters. The van der Waals surface area contributed by atoms with E-state index in [2.05, 4.69) is 71.9 Å². The van der Waals surface area contributed by atoms with Gasteiger partial charge in [0.25, 0.3) is 5.56 Å². The molecule has 0 aliphatic heterocycles. The van der Waals surface area contributed by atoms with Crippen molar-refractivity contribution in [1.29, 1.82) is 0 Å². The summed E-state index contributed by atoms with van der Waals surface area (Å²) in [7, 11) is 0. The summed E-state index contributed by atoms with van der Waals surface area (Å²) in [6.45, 7) is 5.09. The van der Waals surface area contributed by atoms with Crippen molar-refractivity contribution in [2.75, 3.05) is 0 Å². The molecule has 0 fully saturated rings. The number of thiazole rings is 1. The van der Waals surface area contributed by atoms with Crippen LogP contribution in [0.4, 0.5) is 0 Å². The lowest BCUT2D eigenvalue weighted by Gasteiger charge is -2.11. The van der Waals surface area contributed by atoms with Crippen LogP contribution in [0.1, 0.15) is 22.4 Å². The molecule has 0 unspecified atom stereocenters. The predicted molar refractivity (Wildman–Crippen MR) is 133 cm³/mol. The van der Waals surface area contributed by atoms with E-state index < -0.39 is 0 Å². The average molecular weight is 436 g/mol. The summed E-state index contributed by atoms with van der Waals surface area (Å²) in [6, 6.07) is 24.7. The van der Waals surface area contributed by atoms with Gasteiger partial charge in [-0.25, -0.2) is 9.38 Å². The van der Waals surface area contributed by atoms with Crippen molar-refractivity contribution in [3.8, 4) is 0 Å². The van der Waals surface area contributed by atoms with Crippen molar-refractivity contribution in [2.45, 2.75) is 20.4 Å². The highest BCUT2D eigenvalue weighted by Crippen LogP contribution is 2.28. The van der Waals surface area contributed by atoms with Crippen LogP contribution in [-0.4, -0.2) is 14.0 Å². The van der Waals surface area contributed by atoms with Gasteiger partial charge in [-0.1, -0.05) is 65.9 Å². The Balaban J connectivity index is 1.58. The van der Waals surface area contributed by atoms with Gasteiger partial charge in [-0.15, -0.1) is 0 Å². The summed E-state index contributed by atoms with van der Waals surface area (Å²) in [6.07, 6.45) is 2.04. The maximum atomic E-state index is 13.3. The minimum atomic E-state index is -0.00571. The molecule has 6 aromatic rings. The molecule has 0 radical (unpaired) electrons. The zero-order chi connectivity index (χ0) is 21.8. The summed E-state index contributed by atoms with van der Waals surface area (Å²) >= 11 is 1.45. The first-order chi connectivity index (χ1) is 15.6. The van der Waals surface area contributed by atoms with Gasteiger partial charge in [0.2, 0.25) is 0 Å². The van der Waals surface area contributed by atoms with Crippen molar-refractivity contribution < 1.29 is 0 Å². The number of imidazole rings is 1. The van der Waals surface area contributed by atoms with Gasteiger partial charge >= 0.3 is 0 Å². The molecule has 6 rings (SSSR count). The molecule has 0 saturated carbocycles. The molecule has 0 amide bonds. The fourth-order valence-corrected chi connectivity index (χ4v) is 5.51. The zero-order valence-electron chi connectivity index (χ0n) is 17.9. The quantitative estimate of drug-likeness (QED) is 0.389. The molecule has 0 aliphatic rings. The Morgan fingerprint density at radius 2 is 1.62 bits per heavy atom. The van der Waals surface area contributed by atoms with Gasteiger partial charge in [0.05, 0.1) is 15.6 Å². The van der Waals surface area contributed by atoms with E-state index in [4.69, 9.17) is 0 Å². The van der Waals surface area contributed by atoms with Crippen LogP contribution in [-0.2, 0) is 6.54 Å². The van der Waals surface area contributed by atoms with E-state index in [9.17, 15) is 4.79 Å². The molecule has 4 nitrogen and oxygen atoms in total. The van der Waals surface area contributed by atoms with Crippen LogP contribution < -0.4 is 10.1 Å². The standard InChI is InChI=1S/C27H21N3OS/c1-17-9-3-4-10-19(17)16-29-18(2)21(20-11-5-7-13-23(20)29)15-25-26(31)30-24-14-8-6-12-22(24)28-27(30)32-25/h3-15H,16H2,1-2H3/b25-15-. The van der Waals surface area contributed by atoms with Crippen molar-refractivity contribution in [3.63, 3.8) is 0 Å². The maximum Gasteiger partial charge on any atom is 0.274 e. The van der Waals surface area contributed by atoms with E-state index in [1.54, 1.807) is 4.40 Å². The molecule has 0 spiro atoms. The summed E-state index contributed by atoms with van der Waals surface area (Å²) in [5.74, 6) is 0. The number of rotatable bonds is 3. The SMILES string of the molecule is Cc1ccccc1Cn1c(C)c(/C=c2\sc3nc4ccccc4n3c2=O)c2ccccc21. The van der Waals surface area contributed by atoms with Gasteiger partial charge in [0.1, 0.15) is 0 Å².